The average Bonchev–Trinajstić information content (AvgIpc) is 2.29. The normalized spacial score (nSPS) is 10.6. The van der Waals surface area contributed by atoms with E-state index in [9.17, 15) is 9.59 Å². The van der Waals surface area contributed by atoms with Crippen molar-refractivity contribution in [2.75, 3.05) is 0 Å². The van der Waals surface area contributed by atoms with Crippen LogP contribution < -0.4 is 5.43 Å². The summed E-state index contributed by atoms with van der Waals surface area (Å²) >= 11 is 0. The molecule has 0 bridgehead atoms. The fourth-order valence-electron chi connectivity index (χ4n) is 1.75. The highest BCUT2D eigenvalue weighted by Gasteiger charge is 2.12. The molecule has 0 saturated carbocycles. The third-order valence-electron chi connectivity index (χ3n) is 2.60. The second-order valence-electron chi connectivity index (χ2n) is 3.74. The number of aldehydes is 1. The van der Waals surface area contributed by atoms with E-state index in [-0.39, 0.29) is 11.0 Å². The predicted molar refractivity (Wildman–Crippen MR) is 62.0 cm³/mol. The molecule has 3 heteroatoms. The third-order valence-corrected chi connectivity index (χ3v) is 2.60. The molecule has 0 atom stereocenters. The molecule has 82 valence electrons. The summed E-state index contributed by atoms with van der Waals surface area (Å²) in [6.45, 7) is 3.75. The highest BCUT2D eigenvalue weighted by Crippen LogP contribution is 2.16. The van der Waals surface area contributed by atoms with Gasteiger partial charge in [0.05, 0.1) is 5.39 Å². The molecule has 0 radical (unpaired) electrons. The van der Waals surface area contributed by atoms with Gasteiger partial charge in [-0.3, -0.25) is 9.59 Å². The maximum atomic E-state index is 12.0. The Hall–Kier alpha value is -1.90. The molecule has 1 aromatic carbocycles. The van der Waals surface area contributed by atoms with E-state index >= 15 is 0 Å². The molecule has 0 aliphatic carbocycles. The Morgan fingerprint density at radius 2 is 2.12 bits per heavy atom. The molecule has 0 amide bonds. The molecule has 0 aliphatic heterocycles. The Morgan fingerprint density at radius 3 is 2.75 bits per heavy atom. The number of fused-ring (bicyclic) bond motifs is 1. The van der Waals surface area contributed by atoms with E-state index in [2.05, 4.69) is 0 Å². The first kappa shape index (κ1) is 10.6. The SMILES string of the molecule is CCc1oc2ccc(C)cc2c(=O)c1C=O. The summed E-state index contributed by atoms with van der Waals surface area (Å²) in [5.41, 5.74) is 1.41. The topological polar surface area (TPSA) is 47.3 Å². The van der Waals surface area contributed by atoms with E-state index in [0.717, 1.165) is 5.56 Å². The van der Waals surface area contributed by atoms with Crippen molar-refractivity contribution in [1.82, 2.24) is 0 Å². The van der Waals surface area contributed by atoms with Crippen molar-refractivity contribution in [2.24, 2.45) is 0 Å². The molecule has 1 aromatic heterocycles. The predicted octanol–water partition coefficient (Wildman–Crippen LogP) is 2.48. The van der Waals surface area contributed by atoms with Crippen LogP contribution in [-0.2, 0) is 6.42 Å². The Kier molecular flexibility index (Phi) is 2.60. The summed E-state index contributed by atoms with van der Waals surface area (Å²) in [4.78, 5) is 22.9. The largest absolute Gasteiger partial charge is 0.460 e. The van der Waals surface area contributed by atoms with Crippen LogP contribution in [0.25, 0.3) is 11.0 Å². The molecule has 1 heterocycles. The summed E-state index contributed by atoms with van der Waals surface area (Å²) < 4.78 is 5.54. The molecule has 0 saturated heterocycles. The molecular weight excluding hydrogens is 204 g/mol. The summed E-state index contributed by atoms with van der Waals surface area (Å²) in [6.07, 6.45) is 1.11. The van der Waals surface area contributed by atoms with Gasteiger partial charge in [-0.05, 0) is 19.1 Å². The second-order valence-corrected chi connectivity index (χ2v) is 3.74. The fourth-order valence-corrected chi connectivity index (χ4v) is 1.75. The van der Waals surface area contributed by atoms with Crippen molar-refractivity contribution in [3.05, 3.63) is 45.3 Å². The molecule has 16 heavy (non-hydrogen) atoms. The first-order valence-corrected chi connectivity index (χ1v) is 5.19. The summed E-state index contributed by atoms with van der Waals surface area (Å²) in [7, 11) is 0. The van der Waals surface area contributed by atoms with Crippen molar-refractivity contribution in [1.29, 1.82) is 0 Å². The first-order chi connectivity index (χ1) is 7.67. The average molecular weight is 216 g/mol. The van der Waals surface area contributed by atoms with Gasteiger partial charge in [0, 0.05) is 6.42 Å². The Balaban J connectivity index is 2.94. The molecule has 0 fully saturated rings. The molecule has 2 aromatic rings. The van der Waals surface area contributed by atoms with Crippen molar-refractivity contribution >= 4 is 17.3 Å². The van der Waals surface area contributed by atoms with Gasteiger partial charge in [0.1, 0.15) is 16.9 Å². The van der Waals surface area contributed by atoms with E-state index in [1.165, 1.54) is 0 Å². The van der Waals surface area contributed by atoms with Crippen LogP contribution in [0.2, 0.25) is 0 Å². The second kappa shape index (κ2) is 3.93. The third kappa shape index (κ3) is 1.54. The molecule has 0 aliphatic rings. The van der Waals surface area contributed by atoms with Crippen LogP contribution >= 0.6 is 0 Å². The van der Waals surface area contributed by atoms with E-state index in [1.807, 2.05) is 19.9 Å². The van der Waals surface area contributed by atoms with Gasteiger partial charge in [-0.25, -0.2) is 0 Å². The number of hydrogen-bond acceptors (Lipinski definition) is 3. The van der Waals surface area contributed by atoms with Crippen molar-refractivity contribution in [3.63, 3.8) is 0 Å². The standard InChI is InChI=1S/C13H12O3/c1-3-11-10(7-14)13(15)9-6-8(2)4-5-12(9)16-11/h4-7H,3H2,1-2H3. The quantitative estimate of drug-likeness (QED) is 0.724. The Morgan fingerprint density at radius 1 is 1.38 bits per heavy atom. The maximum absolute atomic E-state index is 12.0. The lowest BCUT2D eigenvalue weighted by Gasteiger charge is -2.04. The summed E-state index contributed by atoms with van der Waals surface area (Å²) in [5, 5.41) is 0.472. The van der Waals surface area contributed by atoms with Gasteiger partial charge in [0.15, 0.2) is 6.29 Å². The lowest BCUT2D eigenvalue weighted by Crippen LogP contribution is -2.11. The van der Waals surface area contributed by atoms with E-state index in [0.29, 0.717) is 29.4 Å². The number of carbonyl (C=O) groups is 1. The van der Waals surface area contributed by atoms with E-state index < -0.39 is 0 Å². The minimum atomic E-state index is -0.239. The molecule has 0 N–H and O–H groups in total. The highest BCUT2D eigenvalue weighted by molar-refractivity contribution is 5.85. The van der Waals surface area contributed by atoms with Crippen LogP contribution in [0.1, 0.15) is 28.6 Å². The van der Waals surface area contributed by atoms with Crippen LogP contribution in [0.4, 0.5) is 0 Å². The first-order valence-electron chi connectivity index (χ1n) is 5.19. The van der Waals surface area contributed by atoms with Gasteiger partial charge in [-0.15, -0.1) is 0 Å². The summed E-state index contributed by atoms with van der Waals surface area (Å²) in [6, 6.07) is 5.39. The number of rotatable bonds is 2. The molecule has 2 rings (SSSR count). The van der Waals surface area contributed by atoms with Gasteiger partial charge < -0.3 is 4.42 Å². The summed E-state index contributed by atoms with van der Waals surface area (Å²) in [5.74, 6) is 0.455. The van der Waals surface area contributed by atoms with Crippen LogP contribution in [0.15, 0.2) is 27.4 Å². The Bertz CT molecular complexity index is 608. The van der Waals surface area contributed by atoms with Crippen molar-refractivity contribution in [2.45, 2.75) is 20.3 Å². The van der Waals surface area contributed by atoms with Crippen LogP contribution in [0, 0.1) is 6.92 Å². The highest BCUT2D eigenvalue weighted by atomic mass is 16.3. The minimum absolute atomic E-state index is 0.139. The van der Waals surface area contributed by atoms with Crippen molar-refractivity contribution < 1.29 is 9.21 Å². The zero-order chi connectivity index (χ0) is 11.7. The van der Waals surface area contributed by atoms with E-state index in [4.69, 9.17) is 4.42 Å². The van der Waals surface area contributed by atoms with Crippen molar-refractivity contribution in [3.8, 4) is 0 Å². The van der Waals surface area contributed by atoms with Crippen LogP contribution in [0.3, 0.4) is 0 Å². The molecule has 3 nitrogen and oxygen atoms in total. The maximum Gasteiger partial charge on any atom is 0.203 e. The van der Waals surface area contributed by atoms with Crippen LogP contribution in [0.5, 0.6) is 0 Å². The lowest BCUT2D eigenvalue weighted by molar-refractivity contribution is 0.111. The zero-order valence-electron chi connectivity index (χ0n) is 9.24. The fraction of sp³-hybridized carbons (Fsp3) is 0.231. The minimum Gasteiger partial charge on any atom is -0.460 e. The van der Waals surface area contributed by atoms with Gasteiger partial charge in [0.25, 0.3) is 0 Å². The molecule has 0 unspecified atom stereocenters. The smallest absolute Gasteiger partial charge is 0.203 e. The number of hydrogen-bond donors (Lipinski definition) is 0. The van der Waals surface area contributed by atoms with Gasteiger partial charge in [0.2, 0.25) is 5.43 Å². The number of aryl methyl sites for hydroxylation is 2. The van der Waals surface area contributed by atoms with Gasteiger partial charge >= 0.3 is 0 Å². The zero-order valence-corrected chi connectivity index (χ0v) is 9.24. The van der Waals surface area contributed by atoms with Gasteiger partial charge in [-0.1, -0.05) is 18.6 Å². The van der Waals surface area contributed by atoms with Crippen LogP contribution in [-0.4, -0.2) is 6.29 Å². The monoisotopic (exact) mass is 216 g/mol. The Labute approximate surface area is 92.7 Å². The van der Waals surface area contributed by atoms with Gasteiger partial charge in [-0.2, -0.15) is 0 Å². The number of carbonyl (C=O) groups excluding carboxylic acids is 1. The molecule has 0 spiro atoms. The lowest BCUT2D eigenvalue weighted by atomic mass is 10.1. The van der Waals surface area contributed by atoms with E-state index in [1.54, 1.807) is 12.1 Å². The molecular formula is C13H12O3. The number of benzene rings is 1.